The van der Waals surface area contributed by atoms with Crippen molar-refractivity contribution in [2.24, 2.45) is 0 Å². The van der Waals surface area contributed by atoms with E-state index in [2.05, 4.69) is 15.3 Å². The van der Waals surface area contributed by atoms with E-state index in [0.29, 0.717) is 17.4 Å². The fourth-order valence-corrected chi connectivity index (χ4v) is 1.61. The normalized spacial score (nSPS) is 10.2. The molecule has 88 valence electrons. The summed E-state index contributed by atoms with van der Waals surface area (Å²) in [5.74, 6) is 0.184. The van der Waals surface area contributed by atoms with Gasteiger partial charge < -0.3 is 10.4 Å². The van der Waals surface area contributed by atoms with Gasteiger partial charge in [0.2, 0.25) is 0 Å². The first-order valence-electron chi connectivity index (χ1n) is 5.16. The summed E-state index contributed by atoms with van der Waals surface area (Å²) >= 11 is 5.77. The highest BCUT2D eigenvalue weighted by Gasteiger charge is 2.03. The number of nitrogens with zero attached hydrogens (tertiary/aromatic N) is 2. The van der Waals surface area contributed by atoms with Gasteiger partial charge in [0.25, 0.3) is 0 Å². The maximum atomic E-state index is 9.63. The summed E-state index contributed by atoms with van der Waals surface area (Å²) in [7, 11) is 0. The molecule has 2 aromatic rings. The Morgan fingerprint density at radius 3 is 2.94 bits per heavy atom. The third-order valence-corrected chi connectivity index (χ3v) is 2.48. The summed E-state index contributed by atoms with van der Waals surface area (Å²) in [4.78, 5) is 8.14. The van der Waals surface area contributed by atoms with Crippen LogP contribution >= 0.6 is 11.6 Å². The van der Waals surface area contributed by atoms with Gasteiger partial charge in [-0.25, -0.2) is 4.98 Å². The van der Waals surface area contributed by atoms with Gasteiger partial charge in [0.05, 0.1) is 6.54 Å². The maximum absolute atomic E-state index is 9.63. The lowest BCUT2D eigenvalue weighted by molar-refractivity contribution is 0.464. The summed E-state index contributed by atoms with van der Waals surface area (Å²) < 4.78 is 0. The number of pyridine rings is 2. The van der Waals surface area contributed by atoms with Crippen molar-refractivity contribution in [1.82, 2.24) is 9.97 Å². The van der Waals surface area contributed by atoms with Gasteiger partial charge in [-0.1, -0.05) is 11.6 Å². The van der Waals surface area contributed by atoms with Gasteiger partial charge in [0, 0.05) is 17.6 Å². The van der Waals surface area contributed by atoms with Gasteiger partial charge in [-0.2, -0.15) is 0 Å². The summed E-state index contributed by atoms with van der Waals surface area (Å²) in [5.41, 5.74) is 2.32. The number of rotatable bonds is 3. The highest BCUT2D eigenvalue weighted by molar-refractivity contribution is 6.29. The molecule has 0 fully saturated rings. The van der Waals surface area contributed by atoms with E-state index in [9.17, 15) is 5.11 Å². The van der Waals surface area contributed by atoms with E-state index in [1.54, 1.807) is 30.5 Å². The molecule has 0 amide bonds. The molecular formula is C12H12ClN3O. The zero-order chi connectivity index (χ0) is 12.3. The van der Waals surface area contributed by atoms with Crippen molar-refractivity contribution < 1.29 is 5.11 Å². The lowest BCUT2D eigenvalue weighted by Gasteiger charge is -2.08. The van der Waals surface area contributed by atoms with Gasteiger partial charge in [0.15, 0.2) is 0 Å². The highest BCUT2D eigenvalue weighted by atomic mass is 35.5. The molecule has 0 aliphatic rings. The highest BCUT2D eigenvalue weighted by Crippen LogP contribution is 2.17. The van der Waals surface area contributed by atoms with Crippen molar-refractivity contribution in [3.8, 4) is 5.75 Å². The van der Waals surface area contributed by atoms with Crippen LogP contribution in [0.2, 0.25) is 5.15 Å². The quantitative estimate of drug-likeness (QED) is 0.822. The van der Waals surface area contributed by atoms with E-state index >= 15 is 0 Å². The maximum Gasteiger partial charge on any atom is 0.138 e. The second-order valence-electron chi connectivity index (χ2n) is 3.64. The predicted molar refractivity (Wildman–Crippen MR) is 67.2 cm³/mol. The molecule has 2 N–H and O–H groups in total. The van der Waals surface area contributed by atoms with Crippen molar-refractivity contribution in [2.45, 2.75) is 13.5 Å². The molecule has 2 heterocycles. The van der Waals surface area contributed by atoms with Crippen LogP contribution in [0.15, 0.2) is 30.5 Å². The fraction of sp³-hybridized carbons (Fsp3) is 0.167. The van der Waals surface area contributed by atoms with Crippen LogP contribution in [0.5, 0.6) is 5.75 Å². The second kappa shape index (κ2) is 5.01. The largest absolute Gasteiger partial charge is 0.506 e. The van der Waals surface area contributed by atoms with Crippen LogP contribution in [0.3, 0.4) is 0 Å². The molecule has 0 aliphatic heterocycles. The molecule has 0 aliphatic carbocycles. The van der Waals surface area contributed by atoms with Crippen molar-refractivity contribution in [3.63, 3.8) is 0 Å². The van der Waals surface area contributed by atoms with Crippen LogP contribution in [-0.2, 0) is 6.54 Å². The first-order valence-corrected chi connectivity index (χ1v) is 5.54. The summed E-state index contributed by atoms with van der Waals surface area (Å²) in [6.45, 7) is 2.32. The summed E-state index contributed by atoms with van der Waals surface area (Å²) in [6, 6.07) is 6.92. The molecule has 2 aromatic heterocycles. The Kier molecular flexibility index (Phi) is 3.44. The molecule has 0 unspecified atom stereocenters. The average molecular weight is 250 g/mol. The first-order chi connectivity index (χ1) is 8.15. The number of hydrogen-bond donors (Lipinski definition) is 2. The minimum absolute atomic E-state index is 0.184. The van der Waals surface area contributed by atoms with E-state index in [1.165, 1.54) is 0 Å². The van der Waals surface area contributed by atoms with E-state index in [1.807, 2.05) is 6.92 Å². The lowest BCUT2D eigenvalue weighted by Crippen LogP contribution is -2.02. The summed E-state index contributed by atoms with van der Waals surface area (Å²) in [6.07, 6.45) is 1.62. The molecule has 0 spiro atoms. The van der Waals surface area contributed by atoms with Crippen LogP contribution in [0.4, 0.5) is 5.69 Å². The molecule has 17 heavy (non-hydrogen) atoms. The number of halogens is 1. The van der Waals surface area contributed by atoms with E-state index in [4.69, 9.17) is 11.6 Å². The molecular weight excluding hydrogens is 238 g/mol. The average Bonchev–Trinajstić information content (AvgIpc) is 2.30. The topological polar surface area (TPSA) is 58.0 Å². The molecule has 0 saturated carbocycles. The third-order valence-electron chi connectivity index (χ3n) is 2.28. The van der Waals surface area contributed by atoms with Crippen molar-refractivity contribution in [3.05, 3.63) is 47.0 Å². The lowest BCUT2D eigenvalue weighted by atomic mass is 10.2. The fourth-order valence-electron chi connectivity index (χ4n) is 1.43. The molecule has 0 radical (unpaired) electrons. The molecule has 5 heteroatoms. The molecule has 0 aromatic carbocycles. The molecule has 0 bridgehead atoms. The number of hydrogen-bond acceptors (Lipinski definition) is 4. The van der Waals surface area contributed by atoms with Crippen molar-refractivity contribution >= 4 is 17.3 Å². The molecule has 4 nitrogen and oxygen atoms in total. The number of aryl methyl sites for hydroxylation is 1. The Hall–Kier alpha value is -1.81. The van der Waals surface area contributed by atoms with Crippen LogP contribution in [-0.4, -0.2) is 15.1 Å². The van der Waals surface area contributed by atoms with Gasteiger partial charge in [-0.15, -0.1) is 0 Å². The van der Waals surface area contributed by atoms with E-state index < -0.39 is 0 Å². The van der Waals surface area contributed by atoms with Crippen LogP contribution in [0.1, 0.15) is 11.4 Å². The Bertz CT molecular complexity index is 531. The van der Waals surface area contributed by atoms with Gasteiger partial charge in [-0.3, -0.25) is 4.98 Å². The minimum atomic E-state index is 0.184. The first kappa shape index (κ1) is 11.7. The second-order valence-corrected chi connectivity index (χ2v) is 4.03. The van der Waals surface area contributed by atoms with Gasteiger partial charge in [0.1, 0.15) is 16.6 Å². The van der Waals surface area contributed by atoms with Gasteiger partial charge in [-0.05, 0) is 31.2 Å². The van der Waals surface area contributed by atoms with Crippen molar-refractivity contribution in [1.29, 1.82) is 0 Å². The van der Waals surface area contributed by atoms with Gasteiger partial charge >= 0.3 is 0 Å². The third kappa shape index (κ3) is 3.07. The molecule has 0 saturated heterocycles. The number of aromatic hydroxyl groups is 1. The van der Waals surface area contributed by atoms with Crippen LogP contribution in [0, 0.1) is 6.92 Å². The zero-order valence-corrected chi connectivity index (χ0v) is 10.1. The Balaban J connectivity index is 2.09. The Morgan fingerprint density at radius 1 is 1.35 bits per heavy atom. The van der Waals surface area contributed by atoms with E-state index in [-0.39, 0.29) is 5.75 Å². The van der Waals surface area contributed by atoms with Crippen LogP contribution < -0.4 is 5.32 Å². The van der Waals surface area contributed by atoms with Crippen molar-refractivity contribution in [2.75, 3.05) is 5.32 Å². The smallest absolute Gasteiger partial charge is 0.138 e. The van der Waals surface area contributed by atoms with Crippen LogP contribution in [0.25, 0.3) is 0 Å². The molecule has 2 rings (SSSR count). The summed E-state index contributed by atoms with van der Waals surface area (Å²) in [5, 5.41) is 13.2. The molecule has 0 atom stereocenters. The van der Waals surface area contributed by atoms with E-state index in [0.717, 1.165) is 11.4 Å². The standard InChI is InChI=1S/C12H12ClN3O/c1-8-2-3-11(17)10(16-8)7-15-9-4-5-14-12(13)6-9/h2-6,17H,7H2,1H3,(H,14,15). The number of aromatic nitrogens is 2. The zero-order valence-electron chi connectivity index (χ0n) is 9.31. The number of nitrogens with one attached hydrogen (secondary N) is 1. The monoisotopic (exact) mass is 249 g/mol. The SMILES string of the molecule is Cc1ccc(O)c(CNc2ccnc(Cl)c2)n1. The predicted octanol–water partition coefficient (Wildman–Crippen LogP) is 2.76. The minimum Gasteiger partial charge on any atom is -0.506 e. The Labute approximate surface area is 104 Å². The Morgan fingerprint density at radius 2 is 2.18 bits per heavy atom. The number of anilines is 1.